The first kappa shape index (κ1) is 21.4. The number of imidazole rings is 1. The van der Waals surface area contributed by atoms with Crippen LogP contribution in [0.1, 0.15) is 30.3 Å². The third-order valence-corrected chi connectivity index (χ3v) is 6.30. The number of aromatic nitrogens is 6. The van der Waals surface area contributed by atoms with E-state index in [-0.39, 0.29) is 5.56 Å². The number of nitrogens with one attached hydrogen (secondary N) is 1. The summed E-state index contributed by atoms with van der Waals surface area (Å²) in [7, 11) is 1.67. The number of aryl methyl sites for hydroxylation is 3. The zero-order valence-electron chi connectivity index (χ0n) is 19.0. The van der Waals surface area contributed by atoms with Crippen LogP contribution in [-0.2, 0) is 19.9 Å². The molecule has 0 saturated heterocycles. The van der Waals surface area contributed by atoms with E-state index < -0.39 is 11.6 Å². The fraction of sp³-hybridized carbons (Fsp3) is 0.231. The second-order valence-corrected chi connectivity index (χ2v) is 8.99. The lowest BCUT2D eigenvalue weighted by Crippen LogP contribution is -2.16. The SMILES string of the molecule is Cn1cnc2ccc(-c3nc(CCc4cc(F)cc(F)c4)[nH]c3-c3ccn(C4CC4)n3)cc2c1=O. The molecular formula is C26H22F2N6O. The van der Waals surface area contributed by atoms with Gasteiger partial charge in [-0.25, -0.2) is 18.7 Å². The molecule has 6 rings (SSSR count). The van der Waals surface area contributed by atoms with Gasteiger partial charge in [-0.2, -0.15) is 5.10 Å². The van der Waals surface area contributed by atoms with Crippen molar-refractivity contribution in [3.05, 3.63) is 88.4 Å². The summed E-state index contributed by atoms with van der Waals surface area (Å²) in [6, 6.07) is 11.4. The van der Waals surface area contributed by atoms with Crippen LogP contribution in [0.3, 0.4) is 0 Å². The van der Waals surface area contributed by atoms with Crippen LogP contribution < -0.4 is 5.56 Å². The first-order valence-electron chi connectivity index (χ1n) is 11.5. The molecule has 3 heterocycles. The van der Waals surface area contributed by atoms with Crippen molar-refractivity contribution in [3.8, 4) is 22.6 Å². The van der Waals surface area contributed by atoms with Crippen molar-refractivity contribution in [1.82, 2.24) is 29.3 Å². The Morgan fingerprint density at radius 1 is 1.06 bits per heavy atom. The lowest BCUT2D eigenvalue weighted by atomic mass is 10.1. The van der Waals surface area contributed by atoms with Gasteiger partial charge in [0.15, 0.2) is 0 Å². The normalized spacial score (nSPS) is 13.6. The molecular weight excluding hydrogens is 450 g/mol. The number of hydrogen-bond donors (Lipinski definition) is 1. The molecule has 1 saturated carbocycles. The predicted molar refractivity (Wildman–Crippen MR) is 128 cm³/mol. The molecule has 2 aromatic carbocycles. The van der Waals surface area contributed by atoms with E-state index in [9.17, 15) is 13.6 Å². The molecule has 1 aliphatic carbocycles. The maximum Gasteiger partial charge on any atom is 0.260 e. The van der Waals surface area contributed by atoms with Gasteiger partial charge < -0.3 is 9.55 Å². The molecule has 176 valence electrons. The first-order chi connectivity index (χ1) is 16.9. The highest BCUT2D eigenvalue weighted by atomic mass is 19.1. The van der Waals surface area contributed by atoms with Gasteiger partial charge in [0.1, 0.15) is 23.2 Å². The molecule has 9 heteroatoms. The molecule has 0 bridgehead atoms. The Morgan fingerprint density at radius 2 is 1.86 bits per heavy atom. The van der Waals surface area contributed by atoms with Crippen LogP contribution in [-0.4, -0.2) is 29.3 Å². The Morgan fingerprint density at radius 3 is 2.63 bits per heavy atom. The standard InChI is InChI=1S/C26H22F2N6O/c1-33-14-29-21-6-3-16(12-20(21)26(33)35)24-25(22-8-9-34(32-22)19-4-5-19)31-23(30-24)7-2-15-10-17(27)13-18(28)11-15/h3,6,8-14,19H,2,4-5,7H2,1H3,(H,30,31). The van der Waals surface area contributed by atoms with Gasteiger partial charge in [0.2, 0.25) is 0 Å². The van der Waals surface area contributed by atoms with E-state index in [1.54, 1.807) is 13.1 Å². The Bertz CT molecular complexity index is 1610. The van der Waals surface area contributed by atoms with Crippen LogP contribution in [0.5, 0.6) is 0 Å². The van der Waals surface area contributed by atoms with Crippen molar-refractivity contribution in [2.75, 3.05) is 0 Å². The molecule has 3 aromatic heterocycles. The minimum absolute atomic E-state index is 0.139. The van der Waals surface area contributed by atoms with E-state index in [1.165, 1.54) is 23.0 Å². The van der Waals surface area contributed by atoms with Crippen molar-refractivity contribution in [2.24, 2.45) is 7.05 Å². The minimum Gasteiger partial charge on any atom is -0.340 e. The molecule has 0 spiro atoms. The second kappa shape index (κ2) is 8.26. The van der Waals surface area contributed by atoms with E-state index in [0.29, 0.717) is 46.9 Å². The second-order valence-electron chi connectivity index (χ2n) is 8.99. The zero-order valence-corrected chi connectivity index (χ0v) is 19.0. The molecule has 0 radical (unpaired) electrons. The number of hydrogen-bond acceptors (Lipinski definition) is 4. The summed E-state index contributed by atoms with van der Waals surface area (Å²) < 4.78 is 30.6. The van der Waals surface area contributed by atoms with Crippen LogP contribution >= 0.6 is 0 Å². The topological polar surface area (TPSA) is 81.4 Å². The van der Waals surface area contributed by atoms with Gasteiger partial charge in [-0.15, -0.1) is 0 Å². The van der Waals surface area contributed by atoms with Crippen molar-refractivity contribution in [3.63, 3.8) is 0 Å². The quantitative estimate of drug-likeness (QED) is 0.392. The highest BCUT2D eigenvalue weighted by molar-refractivity contribution is 5.86. The van der Waals surface area contributed by atoms with Crippen LogP contribution in [0.15, 0.2) is 59.8 Å². The number of benzene rings is 2. The largest absolute Gasteiger partial charge is 0.340 e. The van der Waals surface area contributed by atoms with Gasteiger partial charge in [-0.05, 0) is 55.2 Å². The predicted octanol–water partition coefficient (Wildman–Crippen LogP) is 4.59. The summed E-state index contributed by atoms with van der Waals surface area (Å²) in [6.45, 7) is 0. The smallest absolute Gasteiger partial charge is 0.260 e. The van der Waals surface area contributed by atoms with Crippen LogP contribution in [0.25, 0.3) is 33.5 Å². The van der Waals surface area contributed by atoms with E-state index in [4.69, 9.17) is 10.1 Å². The molecule has 0 atom stereocenters. The van der Waals surface area contributed by atoms with Crippen molar-refractivity contribution < 1.29 is 8.78 Å². The lowest BCUT2D eigenvalue weighted by molar-refractivity contribution is 0.579. The zero-order chi connectivity index (χ0) is 24.1. The first-order valence-corrected chi connectivity index (χ1v) is 11.5. The fourth-order valence-electron chi connectivity index (χ4n) is 4.33. The molecule has 7 nitrogen and oxygen atoms in total. The minimum atomic E-state index is -0.599. The molecule has 5 aromatic rings. The summed E-state index contributed by atoms with van der Waals surface area (Å²) in [6.07, 6.45) is 6.58. The maximum absolute atomic E-state index is 13.6. The number of halogens is 2. The number of aromatic amines is 1. The molecule has 0 amide bonds. The molecule has 35 heavy (non-hydrogen) atoms. The average molecular weight is 472 g/mol. The maximum atomic E-state index is 13.6. The van der Waals surface area contributed by atoms with Gasteiger partial charge in [0.25, 0.3) is 5.56 Å². The summed E-state index contributed by atoms with van der Waals surface area (Å²) in [5.41, 5.74) is 3.95. The highest BCUT2D eigenvalue weighted by Gasteiger charge is 2.25. The van der Waals surface area contributed by atoms with Crippen LogP contribution in [0, 0.1) is 11.6 Å². The molecule has 1 fully saturated rings. The summed E-state index contributed by atoms with van der Waals surface area (Å²) in [4.78, 5) is 25.2. The van der Waals surface area contributed by atoms with E-state index in [0.717, 1.165) is 35.9 Å². The summed E-state index contributed by atoms with van der Waals surface area (Å²) >= 11 is 0. The van der Waals surface area contributed by atoms with Crippen molar-refractivity contribution >= 4 is 10.9 Å². The van der Waals surface area contributed by atoms with Crippen molar-refractivity contribution in [2.45, 2.75) is 31.7 Å². The Kier molecular flexibility index (Phi) is 5.05. The molecule has 0 aliphatic heterocycles. The Balaban J connectivity index is 1.41. The van der Waals surface area contributed by atoms with Gasteiger partial charge >= 0.3 is 0 Å². The number of nitrogens with zero attached hydrogens (tertiary/aromatic N) is 5. The van der Waals surface area contributed by atoms with Gasteiger partial charge in [-0.3, -0.25) is 9.48 Å². The third-order valence-electron chi connectivity index (χ3n) is 6.30. The van der Waals surface area contributed by atoms with Crippen molar-refractivity contribution in [1.29, 1.82) is 0 Å². The molecule has 0 unspecified atom stereocenters. The fourth-order valence-corrected chi connectivity index (χ4v) is 4.33. The van der Waals surface area contributed by atoms with E-state index in [2.05, 4.69) is 9.97 Å². The summed E-state index contributed by atoms with van der Waals surface area (Å²) in [5, 5.41) is 5.25. The van der Waals surface area contributed by atoms with Gasteiger partial charge in [-0.1, -0.05) is 6.07 Å². The highest BCUT2D eigenvalue weighted by Crippen LogP contribution is 2.36. The van der Waals surface area contributed by atoms with E-state index >= 15 is 0 Å². The molecule has 1 N–H and O–H groups in total. The Labute approximate surface area is 199 Å². The van der Waals surface area contributed by atoms with Crippen LogP contribution in [0.2, 0.25) is 0 Å². The summed E-state index contributed by atoms with van der Waals surface area (Å²) in [5.74, 6) is -0.532. The number of fused-ring (bicyclic) bond motifs is 1. The van der Waals surface area contributed by atoms with Gasteiger partial charge in [0, 0.05) is 31.3 Å². The van der Waals surface area contributed by atoms with Gasteiger partial charge in [0.05, 0.1) is 34.7 Å². The number of H-pyrrole nitrogens is 1. The van der Waals surface area contributed by atoms with E-state index in [1.807, 2.05) is 29.1 Å². The third kappa shape index (κ3) is 4.14. The lowest BCUT2D eigenvalue weighted by Gasteiger charge is -2.04. The monoisotopic (exact) mass is 472 g/mol. The van der Waals surface area contributed by atoms with Crippen LogP contribution in [0.4, 0.5) is 8.78 Å². The average Bonchev–Trinajstić information content (AvgIpc) is 3.41. The Hall–Kier alpha value is -4.14. The number of rotatable bonds is 6. The molecule has 1 aliphatic rings.